The molecule has 1 aliphatic carbocycles. The van der Waals surface area contributed by atoms with Gasteiger partial charge >= 0.3 is 0 Å². The largest absolute Gasteiger partial charge is 0.369 e. The van der Waals surface area contributed by atoms with Crippen LogP contribution in [-0.4, -0.2) is 11.5 Å². The van der Waals surface area contributed by atoms with Gasteiger partial charge in [-0.15, -0.1) is 0 Å². The predicted octanol–water partition coefficient (Wildman–Crippen LogP) is 2.97. The Hall–Kier alpha value is -0.570. The first kappa shape index (κ1) is 9.00. The summed E-state index contributed by atoms with van der Waals surface area (Å²) < 4.78 is 1.09. The van der Waals surface area contributed by atoms with Gasteiger partial charge < -0.3 is 5.32 Å². The Balaban J connectivity index is 2.05. The fourth-order valence-corrected chi connectivity index (χ4v) is 1.60. The highest BCUT2D eigenvalue weighted by Crippen LogP contribution is 2.30. The van der Waals surface area contributed by atoms with E-state index in [1.54, 1.807) is 0 Å². The molecule has 1 aromatic rings. The van der Waals surface area contributed by atoms with Crippen molar-refractivity contribution in [2.24, 2.45) is 5.92 Å². The van der Waals surface area contributed by atoms with E-state index >= 15 is 0 Å². The van der Waals surface area contributed by atoms with Gasteiger partial charge in [-0.3, -0.25) is 0 Å². The molecule has 0 aromatic carbocycles. The molecule has 13 heavy (non-hydrogen) atoms. The molecular weight excluding hydrogens is 228 g/mol. The highest BCUT2D eigenvalue weighted by atomic mass is 79.9. The first-order chi connectivity index (χ1) is 6.27. The molecule has 1 aliphatic rings. The summed E-state index contributed by atoms with van der Waals surface area (Å²) in [5, 5.41) is 3.36. The number of nitrogens with zero attached hydrogens (tertiary/aromatic N) is 1. The summed E-state index contributed by atoms with van der Waals surface area (Å²) >= 11 is 3.53. The Morgan fingerprint density at radius 2 is 2.38 bits per heavy atom. The number of nitrogens with one attached hydrogen (secondary N) is 1. The lowest BCUT2D eigenvalue weighted by Crippen LogP contribution is -2.05. The fraction of sp³-hybridized carbons (Fsp3) is 0.500. The quantitative estimate of drug-likeness (QED) is 0.879. The van der Waals surface area contributed by atoms with Crippen molar-refractivity contribution in [2.45, 2.75) is 19.8 Å². The van der Waals surface area contributed by atoms with Crippen LogP contribution in [0.5, 0.6) is 0 Å². The van der Waals surface area contributed by atoms with Crippen molar-refractivity contribution < 1.29 is 0 Å². The van der Waals surface area contributed by atoms with E-state index in [1.807, 2.05) is 12.3 Å². The number of hydrogen-bond acceptors (Lipinski definition) is 2. The van der Waals surface area contributed by atoms with Crippen LogP contribution in [0.2, 0.25) is 0 Å². The molecule has 0 spiro atoms. The Labute approximate surface area is 86.9 Å². The molecule has 0 saturated heterocycles. The van der Waals surface area contributed by atoms with E-state index in [0.29, 0.717) is 0 Å². The zero-order valence-corrected chi connectivity index (χ0v) is 9.26. The van der Waals surface area contributed by atoms with Crippen LogP contribution in [0.1, 0.15) is 18.4 Å². The number of rotatable bonds is 3. The van der Waals surface area contributed by atoms with Gasteiger partial charge in [0.05, 0.1) is 4.47 Å². The van der Waals surface area contributed by atoms with Crippen molar-refractivity contribution in [3.8, 4) is 0 Å². The zero-order valence-electron chi connectivity index (χ0n) is 7.68. The lowest BCUT2D eigenvalue weighted by Gasteiger charge is -2.07. The molecule has 0 atom stereocenters. The van der Waals surface area contributed by atoms with Crippen LogP contribution < -0.4 is 5.32 Å². The van der Waals surface area contributed by atoms with Crippen LogP contribution in [0.25, 0.3) is 0 Å². The summed E-state index contributed by atoms with van der Waals surface area (Å²) in [6.07, 6.45) is 4.59. The molecule has 1 heterocycles. The Morgan fingerprint density at radius 1 is 1.62 bits per heavy atom. The molecule has 2 nitrogen and oxygen atoms in total. The third kappa shape index (κ3) is 2.21. The van der Waals surface area contributed by atoms with Gasteiger partial charge in [0, 0.05) is 12.7 Å². The molecule has 0 aliphatic heterocycles. The van der Waals surface area contributed by atoms with Crippen molar-refractivity contribution in [1.29, 1.82) is 0 Å². The van der Waals surface area contributed by atoms with Gasteiger partial charge in [0.2, 0.25) is 0 Å². The molecule has 1 fully saturated rings. The van der Waals surface area contributed by atoms with Gasteiger partial charge in [0.25, 0.3) is 0 Å². The molecule has 1 aromatic heterocycles. The summed E-state index contributed by atoms with van der Waals surface area (Å²) in [7, 11) is 0. The lowest BCUT2D eigenvalue weighted by atomic mass is 10.3. The molecule has 70 valence electrons. The van der Waals surface area contributed by atoms with Gasteiger partial charge in [-0.05, 0) is 53.2 Å². The highest BCUT2D eigenvalue weighted by Gasteiger charge is 2.21. The standard InChI is InChI=1S/C10H13BrN2/c1-7-4-5-12-10(9(7)11)13-6-8-2-3-8/h4-5,8H,2-3,6H2,1H3,(H,12,13). The molecule has 1 saturated carbocycles. The minimum atomic E-state index is 0.884. The summed E-state index contributed by atoms with van der Waals surface area (Å²) in [4.78, 5) is 4.28. The second-order valence-electron chi connectivity index (χ2n) is 3.61. The van der Waals surface area contributed by atoms with E-state index < -0.39 is 0 Å². The second kappa shape index (κ2) is 3.66. The molecule has 1 N–H and O–H groups in total. The number of pyridine rings is 1. The number of hydrogen-bond donors (Lipinski definition) is 1. The van der Waals surface area contributed by atoms with E-state index in [0.717, 1.165) is 22.8 Å². The molecule has 2 rings (SSSR count). The third-order valence-corrected chi connectivity index (χ3v) is 3.34. The maximum Gasteiger partial charge on any atom is 0.140 e. The monoisotopic (exact) mass is 240 g/mol. The Morgan fingerprint density at radius 3 is 3.08 bits per heavy atom. The van der Waals surface area contributed by atoms with Gasteiger partial charge in [0.1, 0.15) is 5.82 Å². The van der Waals surface area contributed by atoms with Crippen molar-refractivity contribution in [3.63, 3.8) is 0 Å². The normalized spacial score (nSPS) is 15.8. The van der Waals surface area contributed by atoms with Crippen LogP contribution in [0.3, 0.4) is 0 Å². The molecule has 0 bridgehead atoms. The maximum atomic E-state index is 4.28. The molecule has 0 amide bonds. The molecule has 0 radical (unpaired) electrons. The minimum Gasteiger partial charge on any atom is -0.369 e. The summed E-state index contributed by atoms with van der Waals surface area (Å²) in [5.41, 5.74) is 1.23. The molecule has 3 heteroatoms. The first-order valence-electron chi connectivity index (χ1n) is 4.62. The van der Waals surface area contributed by atoms with Crippen LogP contribution in [-0.2, 0) is 0 Å². The van der Waals surface area contributed by atoms with Gasteiger partial charge in [0.15, 0.2) is 0 Å². The first-order valence-corrected chi connectivity index (χ1v) is 5.41. The van der Waals surface area contributed by atoms with E-state index in [2.05, 4.69) is 33.2 Å². The Kier molecular flexibility index (Phi) is 2.54. The van der Waals surface area contributed by atoms with Crippen LogP contribution in [0.4, 0.5) is 5.82 Å². The molecular formula is C10H13BrN2. The summed E-state index contributed by atoms with van der Waals surface area (Å²) in [5.74, 6) is 1.86. The van der Waals surface area contributed by atoms with Crippen molar-refractivity contribution in [1.82, 2.24) is 4.98 Å². The topological polar surface area (TPSA) is 24.9 Å². The smallest absolute Gasteiger partial charge is 0.140 e. The summed E-state index contributed by atoms with van der Waals surface area (Å²) in [6.45, 7) is 3.14. The van der Waals surface area contributed by atoms with Crippen LogP contribution in [0.15, 0.2) is 16.7 Å². The number of halogens is 1. The van der Waals surface area contributed by atoms with Crippen molar-refractivity contribution in [3.05, 3.63) is 22.3 Å². The predicted molar refractivity (Wildman–Crippen MR) is 57.9 cm³/mol. The van der Waals surface area contributed by atoms with Crippen LogP contribution in [0, 0.1) is 12.8 Å². The highest BCUT2D eigenvalue weighted by molar-refractivity contribution is 9.10. The van der Waals surface area contributed by atoms with Gasteiger partial charge in [-0.1, -0.05) is 0 Å². The van der Waals surface area contributed by atoms with E-state index in [1.165, 1.54) is 18.4 Å². The van der Waals surface area contributed by atoms with E-state index in [4.69, 9.17) is 0 Å². The van der Waals surface area contributed by atoms with E-state index in [-0.39, 0.29) is 0 Å². The van der Waals surface area contributed by atoms with Gasteiger partial charge in [-0.2, -0.15) is 0 Å². The Bertz CT molecular complexity index is 308. The third-order valence-electron chi connectivity index (χ3n) is 2.34. The number of aryl methyl sites for hydroxylation is 1. The number of aromatic nitrogens is 1. The fourth-order valence-electron chi connectivity index (χ4n) is 1.23. The zero-order chi connectivity index (χ0) is 9.26. The van der Waals surface area contributed by atoms with E-state index in [9.17, 15) is 0 Å². The average molecular weight is 241 g/mol. The van der Waals surface area contributed by atoms with Crippen LogP contribution >= 0.6 is 15.9 Å². The number of anilines is 1. The van der Waals surface area contributed by atoms with Crippen molar-refractivity contribution in [2.75, 3.05) is 11.9 Å². The lowest BCUT2D eigenvalue weighted by molar-refractivity contribution is 0.881. The molecule has 0 unspecified atom stereocenters. The summed E-state index contributed by atoms with van der Waals surface area (Å²) in [6, 6.07) is 2.01. The van der Waals surface area contributed by atoms with Gasteiger partial charge in [-0.25, -0.2) is 4.98 Å². The SMILES string of the molecule is Cc1ccnc(NCC2CC2)c1Br. The second-order valence-corrected chi connectivity index (χ2v) is 4.41. The van der Waals surface area contributed by atoms with Crippen molar-refractivity contribution >= 4 is 21.7 Å². The minimum absolute atomic E-state index is 0.884. The average Bonchev–Trinajstić information content (AvgIpc) is 2.91. The maximum absolute atomic E-state index is 4.28.